The first-order valence-electron chi connectivity index (χ1n) is 6.64. The van der Waals surface area contributed by atoms with E-state index in [2.05, 4.69) is 41.6 Å². The van der Waals surface area contributed by atoms with E-state index in [0.717, 1.165) is 15.8 Å². The van der Waals surface area contributed by atoms with Gasteiger partial charge in [-0.05, 0) is 60.5 Å². The first kappa shape index (κ1) is 16.2. The zero-order valence-electron chi connectivity index (χ0n) is 12.4. The van der Waals surface area contributed by atoms with Crippen molar-refractivity contribution in [3.63, 3.8) is 0 Å². The molecule has 8 heteroatoms. The Bertz CT molecular complexity index is 742. The molecule has 0 saturated carbocycles. The number of aryl methyl sites for hydroxylation is 1. The van der Waals surface area contributed by atoms with Crippen molar-refractivity contribution in [2.75, 3.05) is 5.43 Å². The van der Waals surface area contributed by atoms with Gasteiger partial charge < -0.3 is 4.74 Å². The van der Waals surface area contributed by atoms with Crippen LogP contribution in [0, 0.1) is 6.92 Å². The highest BCUT2D eigenvalue weighted by Gasteiger charge is 2.04. The summed E-state index contributed by atoms with van der Waals surface area (Å²) < 4.78 is 6.48. The number of nitrogens with one attached hydrogen (secondary N) is 2. The highest BCUT2D eigenvalue weighted by atomic mass is 79.9. The van der Waals surface area contributed by atoms with Gasteiger partial charge in [-0.15, -0.1) is 0 Å². The minimum absolute atomic E-state index is 0.107. The Hall–Kier alpha value is -2.22. The Morgan fingerprint density at radius 3 is 2.91 bits per heavy atom. The predicted octanol–water partition coefficient (Wildman–Crippen LogP) is 2.47. The average molecular weight is 366 g/mol. The second kappa shape index (κ2) is 7.17. The molecule has 0 fully saturated rings. The summed E-state index contributed by atoms with van der Waals surface area (Å²) in [6.07, 6.45) is 1.72. The first-order chi connectivity index (χ1) is 10.5. The fraction of sp³-hybridized carbons (Fsp3) is 0.286. The summed E-state index contributed by atoms with van der Waals surface area (Å²) >= 11 is 3.46. The molecule has 2 N–H and O–H groups in total. The Morgan fingerprint density at radius 1 is 1.45 bits per heavy atom. The molecule has 0 saturated heterocycles. The zero-order valence-corrected chi connectivity index (χ0v) is 14.0. The van der Waals surface area contributed by atoms with Crippen LogP contribution in [-0.4, -0.2) is 27.5 Å². The molecule has 1 heterocycles. The van der Waals surface area contributed by atoms with E-state index in [1.54, 1.807) is 13.1 Å². The van der Waals surface area contributed by atoms with E-state index >= 15 is 0 Å². The van der Waals surface area contributed by atoms with Crippen molar-refractivity contribution >= 4 is 28.0 Å². The molecule has 0 radical (unpaired) electrons. The van der Waals surface area contributed by atoms with Crippen LogP contribution in [-0.2, 0) is 0 Å². The van der Waals surface area contributed by atoms with E-state index in [1.165, 1.54) is 0 Å². The van der Waals surface area contributed by atoms with Crippen LogP contribution >= 0.6 is 15.9 Å². The summed E-state index contributed by atoms with van der Waals surface area (Å²) in [5.74, 6) is 1.09. The number of aromatic nitrogens is 3. The minimum Gasteiger partial charge on any atom is -0.490 e. The van der Waals surface area contributed by atoms with E-state index in [0.29, 0.717) is 11.5 Å². The highest BCUT2D eigenvalue weighted by Crippen LogP contribution is 2.26. The van der Waals surface area contributed by atoms with E-state index in [4.69, 9.17) is 4.74 Å². The first-order valence-corrected chi connectivity index (χ1v) is 7.43. The second-order valence-electron chi connectivity index (χ2n) is 4.80. The molecule has 1 aromatic heterocycles. The van der Waals surface area contributed by atoms with Gasteiger partial charge >= 0.3 is 5.69 Å². The van der Waals surface area contributed by atoms with Gasteiger partial charge in [0, 0.05) is 0 Å². The van der Waals surface area contributed by atoms with Crippen LogP contribution in [0.2, 0.25) is 0 Å². The molecule has 22 heavy (non-hydrogen) atoms. The molecule has 2 rings (SSSR count). The van der Waals surface area contributed by atoms with Crippen LogP contribution in [0.3, 0.4) is 0 Å². The number of anilines is 1. The van der Waals surface area contributed by atoms with E-state index in [9.17, 15) is 4.79 Å². The molecule has 0 spiro atoms. The Kier molecular flexibility index (Phi) is 5.26. The summed E-state index contributed by atoms with van der Waals surface area (Å²) in [4.78, 5) is 14.8. The minimum atomic E-state index is -0.527. The monoisotopic (exact) mass is 365 g/mol. The lowest BCUT2D eigenvalue weighted by Crippen LogP contribution is -2.15. The molecule has 116 valence electrons. The molecule has 0 atom stereocenters. The third-order valence-electron chi connectivity index (χ3n) is 2.58. The van der Waals surface area contributed by atoms with Crippen LogP contribution in [0.25, 0.3) is 0 Å². The summed E-state index contributed by atoms with van der Waals surface area (Å²) in [6, 6.07) is 5.63. The number of ether oxygens (including phenoxy) is 1. The largest absolute Gasteiger partial charge is 0.490 e. The molecule has 0 aliphatic carbocycles. The van der Waals surface area contributed by atoms with Crippen molar-refractivity contribution < 1.29 is 4.74 Å². The summed E-state index contributed by atoms with van der Waals surface area (Å²) in [5, 5.41) is 10.1. The maximum atomic E-state index is 11.1. The molecule has 0 aliphatic rings. The fourth-order valence-corrected chi connectivity index (χ4v) is 2.10. The van der Waals surface area contributed by atoms with Crippen molar-refractivity contribution in [3.8, 4) is 5.75 Å². The Balaban J connectivity index is 2.09. The summed E-state index contributed by atoms with van der Waals surface area (Å²) in [7, 11) is 0. The zero-order chi connectivity index (χ0) is 16.1. The van der Waals surface area contributed by atoms with Gasteiger partial charge in [0.2, 0.25) is 0 Å². The molecular weight excluding hydrogens is 350 g/mol. The van der Waals surface area contributed by atoms with Crippen LogP contribution in [0.4, 0.5) is 5.82 Å². The van der Waals surface area contributed by atoms with Crippen molar-refractivity contribution in [3.05, 3.63) is 44.4 Å². The molecule has 0 unspecified atom stereocenters. The molecule has 2 aromatic rings. The summed E-state index contributed by atoms with van der Waals surface area (Å²) in [5.41, 5.74) is 3.59. The average Bonchev–Trinajstić information content (AvgIpc) is 2.45. The number of hydrazone groups is 1. The van der Waals surface area contributed by atoms with Gasteiger partial charge in [-0.2, -0.15) is 15.2 Å². The predicted molar refractivity (Wildman–Crippen MR) is 88.5 cm³/mol. The number of nitrogens with zero attached hydrogens (tertiary/aromatic N) is 3. The number of hydrogen-bond acceptors (Lipinski definition) is 6. The third-order valence-corrected chi connectivity index (χ3v) is 3.20. The number of H-pyrrole nitrogens is 1. The van der Waals surface area contributed by atoms with E-state index in [-0.39, 0.29) is 6.10 Å². The topological polar surface area (TPSA) is 92.3 Å². The van der Waals surface area contributed by atoms with Crippen LogP contribution in [0.5, 0.6) is 5.75 Å². The number of benzene rings is 1. The lowest BCUT2D eigenvalue weighted by molar-refractivity contribution is 0.241. The van der Waals surface area contributed by atoms with E-state index in [1.807, 2.05) is 32.0 Å². The van der Waals surface area contributed by atoms with Crippen LogP contribution in [0.15, 0.2) is 32.6 Å². The number of hydrogen-bond donors (Lipinski definition) is 2. The molecule has 0 bridgehead atoms. The van der Waals surface area contributed by atoms with Gasteiger partial charge in [0.05, 0.1) is 16.8 Å². The van der Waals surface area contributed by atoms with Gasteiger partial charge in [-0.1, -0.05) is 0 Å². The van der Waals surface area contributed by atoms with Crippen LogP contribution < -0.4 is 15.9 Å². The third kappa shape index (κ3) is 4.39. The lowest BCUT2D eigenvalue weighted by Gasteiger charge is -2.11. The molecule has 1 aromatic carbocycles. The Morgan fingerprint density at radius 2 is 2.23 bits per heavy atom. The van der Waals surface area contributed by atoms with Crippen LogP contribution in [0.1, 0.15) is 25.1 Å². The Labute approximate surface area is 135 Å². The SMILES string of the molecule is Cc1n[nH]c(=O)nc1N/N=C/c1ccc(OC(C)C)c(Br)c1. The second-order valence-corrected chi connectivity index (χ2v) is 5.66. The van der Waals surface area contributed by atoms with Gasteiger partial charge in [-0.25, -0.2) is 9.89 Å². The standard InChI is InChI=1S/C14H16BrN5O2/c1-8(2)22-12-5-4-10(6-11(12)15)7-16-19-13-9(3)18-20-14(21)17-13/h4-8H,1-3H3,(H2,17,19,20,21)/b16-7+. The molecule has 0 aliphatic heterocycles. The van der Waals surface area contributed by atoms with Crippen molar-refractivity contribution in [2.45, 2.75) is 26.9 Å². The molecular formula is C14H16BrN5O2. The molecule has 0 amide bonds. The van der Waals surface area contributed by atoms with Gasteiger partial charge in [0.25, 0.3) is 0 Å². The fourth-order valence-electron chi connectivity index (χ4n) is 1.61. The van der Waals surface area contributed by atoms with E-state index < -0.39 is 5.69 Å². The smallest absolute Gasteiger partial charge is 0.363 e. The lowest BCUT2D eigenvalue weighted by atomic mass is 10.2. The number of rotatable bonds is 5. The normalized spacial score (nSPS) is 11.1. The maximum Gasteiger partial charge on any atom is 0.363 e. The van der Waals surface area contributed by atoms with Crippen molar-refractivity contribution in [2.24, 2.45) is 5.10 Å². The highest BCUT2D eigenvalue weighted by molar-refractivity contribution is 9.10. The van der Waals surface area contributed by atoms with Gasteiger partial charge in [0.1, 0.15) is 11.4 Å². The van der Waals surface area contributed by atoms with Gasteiger partial charge in [0.15, 0.2) is 5.82 Å². The maximum absolute atomic E-state index is 11.1. The van der Waals surface area contributed by atoms with Gasteiger partial charge in [-0.3, -0.25) is 5.43 Å². The molecule has 7 nitrogen and oxygen atoms in total. The summed E-state index contributed by atoms with van der Waals surface area (Å²) in [6.45, 7) is 5.66. The quantitative estimate of drug-likeness (QED) is 0.627. The number of halogens is 1. The van der Waals surface area contributed by atoms with Crippen molar-refractivity contribution in [1.29, 1.82) is 0 Å². The number of aromatic amines is 1. The van der Waals surface area contributed by atoms with Crippen molar-refractivity contribution in [1.82, 2.24) is 15.2 Å².